The van der Waals surface area contributed by atoms with Crippen molar-refractivity contribution in [3.8, 4) is 0 Å². The number of nitrogens with zero attached hydrogens (tertiary/aromatic N) is 2. The van der Waals surface area contributed by atoms with E-state index in [2.05, 4.69) is 20.6 Å². The first-order chi connectivity index (χ1) is 13.8. The number of nitrogens with one attached hydrogen (secondary N) is 2. The molecule has 0 saturated carbocycles. The molecule has 2 aromatic heterocycles. The van der Waals surface area contributed by atoms with Gasteiger partial charge < -0.3 is 21.5 Å². The van der Waals surface area contributed by atoms with Crippen LogP contribution in [-0.2, 0) is 6.54 Å². The Labute approximate surface area is 163 Å². The molecule has 0 aliphatic carbocycles. The van der Waals surface area contributed by atoms with E-state index in [9.17, 15) is 18.4 Å². The first-order valence-corrected chi connectivity index (χ1v) is 8.28. The fraction of sp³-hybridized carbons (Fsp3) is 0.0526. The Kier molecular flexibility index (Phi) is 5.63. The van der Waals surface area contributed by atoms with Crippen molar-refractivity contribution in [1.29, 1.82) is 0 Å². The smallest absolute Gasteiger partial charge is 0.337 e. The first kappa shape index (κ1) is 19.7. The quantitative estimate of drug-likeness (QED) is 0.480. The lowest BCUT2D eigenvalue weighted by Gasteiger charge is -2.13. The van der Waals surface area contributed by atoms with E-state index in [4.69, 9.17) is 10.8 Å². The van der Waals surface area contributed by atoms with Gasteiger partial charge in [0.25, 0.3) is 5.91 Å². The molecular weight excluding hydrogens is 384 g/mol. The molecule has 0 aliphatic rings. The zero-order chi connectivity index (χ0) is 21.0. The topological polar surface area (TPSA) is 130 Å². The molecule has 0 bridgehead atoms. The second-order valence-corrected chi connectivity index (χ2v) is 5.90. The van der Waals surface area contributed by atoms with Crippen LogP contribution in [0.3, 0.4) is 0 Å². The van der Waals surface area contributed by atoms with Crippen LogP contribution in [0, 0.1) is 11.6 Å². The highest BCUT2D eigenvalue weighted by atomic mass is 19.1. The second-order valence-electron chi connectivity index (χ2n) is 5.90. The van der Waals surface area contributed by atoms with E-state index in [-0.39, 0.29) is 34.7 Å². The lowest BCUT2D eigenvalue weighted by Crippen LogP contribution is -2.16. The summed E-state index contributed by atoms with van der Waals surface area (Å²) in [4.78, 5) is 30.5. The maximum Gasteiger partial charge on any atom is 0.337 e. The zero-order valence-electron chi connectivity index (χ0n) is 14.8. The van der Waals surface area contributed by atoms with Crippen molar-refractivity contribution < 1.29 is 23.5 Å². The van der Waals surface area contributed by atoms with Crippen LogP contribution in [0.2, 0.25) is 0 Å². The van der Waals surface area contributed by atoms with E-state index >= 15 is 0 Å². The molecule has 2 heterocycles. The lowest BCUT2D eigenvalue weighted by molar-refractivity contribution is 0.0696. The van der Waals surface area contributed by atoms with Gasteiger partial charge in [0.1, 0.15) is 23.3 Å². The monoisotopic (exact) mass is 399 g/mol. The number of nitrogens with two attached hydrogens (primary N) is 1. The van der Waals surface area contributed by atoms with Crippen molar-refractivity contribution in [2.75, 3.05) is 10.6 Å². The normalized spacial score (nSPS) is 10.4. The maximum absolute atomic E-state index is 13.8. The summed E-state index contributed by atoms with van der Waals surface area (Å²) in [6, 6.07) is 7.72. The summed E-state index contributed by atoms with van der Waals surface area (Å²) < 4.78 is 27.6. The Bertz CT molecular complexity index is 1050. The number of carboxylic acids is 1. The van der Waals surface area contributed by atoms with Gasteiger partial charge >= 0.3 is 5.97 Å². The Morgan fingerprint density at radius 3 is 2.31 bits per heavy atom. The highest BCUT2D eigenvalue weighted by Gasteiger charge is 2.14. The molecule has 0 saturated heterocycles. The van der Waals surface area contributed by atoms with E-state index in [1.807, 2.05) is 0 Å². The molecule has 0 fully saturated rings. The number of amides is 1. The van der Waals surface area contributed by atoms with Crippen molar-refractivity contribution in [1.82, 2.24) is 9.97 Å². The molecule has 3 rings (SSSR count). The third-order valence-electron chi connectivity index (χ3n) is 3.95. The Morgan fingerprint density at radius 2 is 1.72 bits per heavy atom. The molecule has 5 N–H and O–H groups in total. The van der Waals surface area contributed by atoms with Crippen LogP contribution in [0.15, 0.2) is 48.8 Å². The number of benzene rings is 1. The van der Waals surface area contributed by atoms with E-state index in [0.29, 0.717) is 5.82 Å². The van der Waals surface area contributed by atoms with Crippen LogP contribution in [0.5, 0.6) is 0 Å². The number of hydrogen-bond acceptors (Lipinski definition) is 6. The molecule has 0 aliphatic heterocycles. The summed E-state index contributed by atoms with van der Waals surface area (Å²) in [6.45, 7) is -0.228. The van der Waals surface area contributed by atoms with E-state index in [1.165, 1.54) is 36.7 Å². The molecule has 0 unspecified atom stereocenters. The molecule has 1 amide bonds. The summed E-state index contributed by atoms with van der Waals surface area (Å²) in [6.07, 6.45) is 2.37. The van der Waals surface area contributed by atoms with Crippen LogP contribution in [0.25, 0.3) is 0 Å². The molecule has 3 aromatic rings. The largest absolute Gasteiger partial charge is 0.478 e. The van der Waals surface area contributed by atoms with Gasteiger partial charge in [-0.25, -0.2) is 23.5 Å². The van der Waals surface area contributed by atoms with Gasteiger partial charge in [-0.15, -0.1) is 0 Å². The molecule has 1 aromatic carbocycles. The number of anilines is 3. The van der Waals surface area contributed by atoms with E-state index in [0.717, 1.165) is 12.1 Å². The number of carbonyl (C=O) groups is 2. The van der Waals surface area contributed by atoms with Crippen LogP contribution in [0.1, 0.15) is 26.3 Å². The third-order valence-corrected chi connectivity index (χ3v) is 3.95. The number of primary amides is 1. The van der Waals surface area contributed by atoms with Gasteiger partial charge in [0.05, 0.1) is 16.8 Å². The van der Waals surface area contributed by atoms with Gasteiger partial charge in [-0.05, 0) is 24.3 Å². The minimum atomic E-state index is -1.11. The Morgan fingerprint density at radius 1 is 1.03 bits per heavy atom. The summed E-state index contributed by atoms with van der Waals surface area (Å²) in [5.41, 5.74) is 5.39. The maximum atomic E-state index is 13.8. The standard InChI is InChI=1S/C19H15F2N5O3/c20-13-2-1-3-14(21)11(13)8-23-15-6-17(25-9-12(15)18(22)27)26-16-5-4-10(7-24-16)19(28)29/h1-7,9H,8H2,(H2,22,27)(H,28,29)(H2,23,24,25,26). The number of aromatic nitrogens is 2. The fourth-order valence-corrected chi connectivity index (χ4v) is 2.48. The number of pyridine rings is 2. The number of carboxylic acid groups (broad SMARTS) is 1. The van der Waals surface area contributed by atoms with Gasteiger partial charge in [0.2, 0.25) is 0 Å². The fourth-order valence-electron chi connectivity index (χ4n) is 2.48. The van der Waals surface area contributed by atoms with Crippen molar-refractivity contribution in [2.45, 2.75) is 6.54 Å². The average Bonchev–Trinajstić information content (AvgIpc) is 2.68. The average molecular weight is 399 g/mol. The number of carbonyl (C=O) groups excluding carboxylic acids is 1. The molecule has 0 atom stereocenters. The number of aromatic carboxylic acids is 1. The summed E-state index contributed by atoms with van der Waals surface area (Å²) >= 11 is 0. The van der Waals surface area contributed by atoms with Crippen molar-refractivity contribution >= 4 is 29.2 Å². The first-order valence-electron chi connectivity index (χ1n) is 8.28. The molecule has 29 heavy (non-hydrogen) atoms. The van der Waals surface area contributed by atoms with Gasteiger partial charge in [-0.2, -0.15) is 0 Å². The van der Waals surface area contributed by atoms with Crippen molar-refractivity contribution in [3.63, 3.8) is 0 Å². The number of halogens is 2. The molecule has 8 nitrogen and oxygen atoms in total. The Balaban J connectivity index is 1.84. The summed E-state index contributed by atoms with van der Waals surface area (Å²) in [7, 11) is 0. The van der Waals surface area contributed by atoms with Gasteiger partial charge in [-0.3, -0.25) is 4.79 Å². The highest BCUT2D eigenvalue weighted by Crippen LogP contribution is 2.22. The SMILES string of the molecule is NC(=O)c1cnc(Nc2ccc(C(=O)O)cn2)cc1NCc1c(F)cccc1F. The van der Waals surface area contributed by atoms with Crippen molar-refractivity contribution in [2.24, 2.45) is 5.73 Å². The summed E-state index contributed by atoms with van der Waals surface area (Å²) in [5.74, 6) is -2.78. The zero-order valence-corrected chi connectivity index (χ0v) is 14.8. The predicted molar refractivity (Wildman–Crippen MR) is 101 cm³/mol. The number of rotatable bonds is 7. The third kappa shape index (κ3) is 4.61. The number of hydrogen-bond donors (Lipinski definition) is 4. The van der Waals surface area contributed by atoms with Gasteiger partial charge in [0.15, 0.2) is 0 Å². The van der Waals surface area contributed by atoms with Gasteiger partial charge in [-0.1, -0.05) is 6.07 Å². The highest BCUT2D eigenvalue weighted by molar-refractivity contribution is 5.98. The predicted octanol–water partition coefficient (Wildman–Crippen LogP) is 2.91. The summed E-state index contributed by atoms with van der Waals surface area (Å²) in [5, 5.41) is 14.5. The van der Waals surface area contributed by atoms with Crippen LogP contribution in [0.4, 0.5) is 26.1 Å². The molecular formula is C19H15F2N5O3. The van der Waals surface area contributed by atoms with Crippen LogP contribution < -0.4 is 16.4 Å². The minimum Gasteiger partial charge on any atom is -0.478 e. The molecule has 10 heteroatoms. The van der Waals surface area contributed by atoms with Crippen LogP contribution >= 0.6 is 0 Å². The van der Waals surface area contributed by atoms with Crippen LogP contribution in [-0.4, -0.2) is 27.0 Å². The minimum absolute atomic E-state index is 0.0156. The lowest BCUT2D eigenvalue weighted by atomic mass is 10.1. The van der Waals surface area contributed by atoms with E-state index in [1.54, 1.807) is 0 Å². The Hall–Kier alpha value is -4.08. The second kappa shape index (κ2) is 8.30. The molecule has 148 valence electrons. The van der Waals surface area contributed by atoms with Gasteiger partial charge in [0, 0.05) is 30.6 Å². The molecule has 0 radical (unpaired) electrons. The van der Waals surface area contributed by atoms with E-state index < -0.39 is 23.5 Å². The van der Waals surface area contributed by atoms with Crippen molar-refractivity contribution in [3.05, 3.63) is 77.1 Å². The molecule has 0 spiro atoms.